The minimum absolute atomic E-state index is 0.110. The van der Waals surface area contributed by atoms with Crippen LogP contribution in [0.15, 0.2) is 46.3 Å². The average molecular weight is 457 g/mol. The number of nitro groups is 1. The molecule has 0 aliphatic carbocycles. The van der Waals surface area contributed by atoms with E-state index in [1.807, 2.05) is 0 Å². The number of aliphatic hydroxyl groups excluding tert-OH is 1. The highest BCUT2D eigenvalue weighted by Gasteiger charge is 2.24. The number of carbonyl (C=O) groups excluding carboxylic acids is 1. The van der Waals surface area contributed by atoms with E-state index in [1.54, 1.807) is 6.07 Å². The van der Waals surface area contributed by atoms with Crippen molar-refractivity contribution in [3.8, 4) is 11.5 Å². The molecule has 3 rings (SSSR count). The molecule has 1 heterocycles. The summed E-state index contributed by atoms with van der Waals surface area (Å²) >= 11 is 0. The molecule has 33 heavy (non-hydrogen) atoms. The number of aromatic amines is 1. The van der Waals surface area contributed by atoms with Crippen LogP contribution in [0.3, 0.4) is 0 Å². The number of methoxy groups -OCH3 is 3. The van der Waals surface area contributed by atoms with Gasteiger partial charge in [0.2, 0.25) is 0 Å². The van der Waals surface area contributed by atoms with E-state index in [0.717, 1.165) is 13.2 Å². The van der Waals surface area contributed by atoms with E-state index in [0.29, 0.717) is 11.5 Å². The molecule has 13 nitrogen and oxygen atoms in total. The maximum Gasteiger partial charge on any atom is 0.427 e. The van der Waals surface area contributed by atoms with Crippen molar-refractivity contribution >= 4 is 28.5 Å². The van der Waals surface area contributed by atoms with Gasteiger partial charge in [-0.05, 0) is 23.8 Å². The first-order valence-electron chi connectivity index (χ1n) is 9.29. The van der Waals surface area contributed by atoms with Gasteiger partial charge in [0.15, 0.2) is 17.2 Å². The highest BCUT2D eigenvalue weighted by molar-refractivity contribution is 6.03. The monoisotopic (exact) mass is 457 g/mol. The summed E-state index contributed by atoms with van der Waals surface area (Å²) in [6.07, 6.45) is -2.48. The number of non-ortho nitro benzene ring substituents is 1. The third-order valence-corrected chi connectivity index (χ3v) is 4.56. The number of rotatable bonds is 7. The van der Waals surface area contributed by atoms with E-state index in [4.69, 9.17) is 9.47 Å². The number of hydrogen-bond donors (Lipinski definition) is 3. The van der Waals surface area contributed by atoms with E-state index in [9.17, 15) is 24.8 Å². The number of benzene rings is 2. The summed E-state index contributed by atoms with van der Waals surface area (Å²) in [5.74, 6) is 0.713. The number of H-pyrrole nitrogens is 1. The molecule has 0 aliphatic rings. The Labute approximate surface area is 185 Å². The standard InChI is InChI=1S/C20H19N5O8/c1-31-14-7-4-10(8-15(14)32-2)18(26)16(23-24-20(28)33-3)17-19(27)22-13-9-11(25(29)30)5-6-12(13)21-17/h4-9,18,26H,1-3H3,(H,22,27)(H,24,28)/b23-16-/t18-/m0/s1. The van der Waals surface area contributed by atoms with Gasteiger partial charge in [-0.1, -0.05) is 6.07 Å². The topological polar surface area (TPSA) is 178 Å². The Morgan fingerprint density at radius 2 is 1.91 bits per heavy atom. The van der Waals surface area contributed by atoms with Crippen molar-refractivity contribution in [3.63, 3.8) is 0 Å². The Bertz CT molecular complexity index is 1300. The van der Waals surface area contributed by atoms with E-state index in [-0.39, 0.29) is 33.7 Å². The highest BCUT2D eigenvalue weighted by atomic mass is 16.6. The molecular formula is C20H19N5O8. The maximum atomic E-state index is 12.8. The van der Waals surface area contributed by atoms with Crippen molar-refractivity contribution in [3.05, 3.63) is 68.1 Å². The van der Waals surface area contributed by atoms with Gasteiger partial charge in [0.25, 0.3) is 11.2 Å². The number of nitrogens with zero attached hydrogens (tertiary/aromatic N) is 3. The van der Waals surface area contributed by atoms with E-state index in [1.165, 1.54) is 38.5 Å². The highest BCUT2D eigenvalue weighted by Crippen LogP contribution is 2.31. The van der Waals surface area contributed by atoms with Gasteiger partial charge in [-0.15, -0.1) is 0 Å². The molecule has 1 atom stereocenters. The minimum atomic E-state index is -1.54. The second-order valence-corrected chi connectivity index (χ2v) is 6.49. The average Bonchev–Trinajstić information content (AvgIpc) is 2.82. The molecule has 1 aromatic heterocycles. The lowest BCUT2D eigenvalue weighted by Crippen LogP contribution is -2.29. The van der Waals surface area contributed by atoms with Crippen LogP contribution >= 0.6 is 0 Å². The van der Waals surface area contributed by atoms with Crippen LogP contribution < -0.4 is 20.5 Å². The molecule has 0 aliphatic heterocycles. The predicted octanol–water partition coefficient (Wildman–Crippen LogP) is 1.64. The number of nitrogens with one attached hydrogen (secondary N) is 2. The van der Waals surface area contributed by atoms with Gasteiger partial charge in [-0.25, -0.2) is 15.2 Å². The Hall–Kier alpha value is -4.52. The minimum Gasteiger partial charge on any atom is -0.493 e. The molecule has 13 heteroatoms. The van der Waals surface area contributed by atoms with Crippen LogP contribution in [0.1, 0.15) is 17.4 Å². The largest absolute Gasteiger partial charge is 0.493 e. The molecule has 0 saturated carbocycles. The first-order chi connectivity index (χ1) is 15.8. The Morgan fingerprint density at radius 3 is 2.55 bits per heavy atom. The summed E-state index contributed by atoms with van der Waals surface area (Å²) in [6.45, 7) is 0. The van der Waals surface area contributed by atoms with Crippen LogP contribution in [0.5, 0.6) is 11.5 Å². The fraction of sp³-hybridized carbons (Fsp3) is 0.200. The van der Waals surface area contributed by atoms with Gasteiger partial charge in [0.05, 0.1) is 37.3 Å². The first-order valence-corrected chi connectivity index (χ1v) is 9.29. The van der Waals surface area contributed by atoms with Crippen LogP contribution in [0.4, 0.5) is 10.5 Å². The van der Waals surface area contributed by atoms with E-state index in [2.05, 4.69) is 25.2 Å². The molecule has 0 bridgehead atoms. The van der Waals surface area contributed by atoms with Crippen molar-refractivity contribution in [1.82, 2.24) is 15.4 Å². The van der Waals surface area contributed by atoms with Gasteiger partial charge < -0.3 is 24.3 Å². The first kappa shape index (κ1) is 23.1. The summed E-state index contributed by atoms with van der Waals surface area (Å²) in [6, 6.07) is 8.22. The van der Waals surface area contributed by atoms with Gasteiger partial charge in [-0.3, -0.25) is 14.9 Å². The van der Waals surface area contributed by atoms with Gasteiger partial charge >= 0.3 is 6.09 Å². The molecule has 172 valence electrons. The number of fused-ring (bicyclic) bond motifs is 1. The zero-order chi connectivity index (χ0) is 24.1. The number of aromatic nitrogens is 2. The van der Waals surface area contributed by atoms with Crippen molar-refractivity contribution in [2.24, 2.45) is 5.10 Å². The van der Waals surface area contributed by atoms with Gasteiger partial charge in [0.1, 0.15) is 11.8 Å². The fourth-order valence-electron chi connectivity index (χ4n) is 2.94. The van der Waals surface area contributed by atoms with Crippen LogP contribution in [0, 0.1) is 10.1 Å². The predicted molar refractivity (Wildman–Crippen MR) is 116 cm³/mol. The van der Waals surface area contributed by atoms with Crippen molar-refractivity contribution in [1.29, 1.82) is 0 Å². The fourth-order valence-corrected chi connectivity index (χ4v) is 2.94. The zero-order valence-electron chi connectivity index (χ0n) is 17.7. The second kappa shape index (κ2) is 9.74. The number of hydrogen-bond acceptors (Lipinski definition) is 10. The number of hydrazone groups is 1. The third-order valence-electron chi connectivity index (χ3n) is 4.56. The van der Waals surface area contributed by atoms with Crippen molar-refractivity contribution < 1.29 is 29.0 Å². The third kappa shape index (κ3) is 4.88. The summed E-state index contributed by atoms with van der Waals surface area (Å²) in [4.78, 5) is 41.4. The lowest BCUT2D eigenvalue weighted by atomic mass is 10.0. The molecule has 0 radical (unpaired) electrons. The van der Waals surface area contributed by atoms with Crippen LogP contribution in [-0.4, -0.2) is 53.1 Å². The number of aliphatic hydroxyl groups is 1. The normalized spacial score (nSPS) is 12.2. The Balaban J connectivity index is 2.15. The van der Waals surface area contributed by atoms with Crippen LogP contribution in [0.2, 0.25) is 0 Å². The quantitative estimate of drug-likeness (QED) is 0.270. The SMILES string of the molecule is COC(=O)N/N=C(/c1nc2ccc([N+](=O)[O-])cc2[nH]c1=O)[C@@H](O)c1ccc(OC)c(OC)c1. The second-order valence-electron chi connectivity index (χ2n) is 6.49. The Kier molecular flexibility index (Phi) is 6.83. The smallest absolute Gasteiger partial charge is 0.427 e. The zero-order valence-corrected chi connectivity index (χ0v) is 17.7. The molecule has 1 amide bonds. The summed E-state index contributed by atoms with van der Waals surface area (Å²) in [7, 11) is 3.98. The molecule has 0 unspecified atom stereocenters. The molecule has 0 saturated heterocycles. The number of carbonyl (C=O) groups is 1. The molecular weight excluding hydrogens is 438 g/mol. The number of nitro benzene ring substituents is 1. The van der Waals surface area contributed by atoms with Crippen molar-refractivity contribution in [2.75, 3.05) is 21.3 Å². The molecule has 3 N–H and O–H groups in total. The van der Waals surface area contributed by atoms with Gasteiger partial charge in [0, 0.05) is 12.1 Å². The number of amides is 1. The number of ether oxygens (including phenoxy) is 3. The van der Waals surface area contributed by atoms with E-state index >= 15 is 0 Å². The molecule has 3 aromatic rings. The summed E-state index contributed by atoms with van der Waals surface area (Å²) in [5, 5.41) is 25.8. The van der Waals surface area contributed by atoms with Gasteiger partial charge in [-0.2, -0.15) is 5.10 Å². The maximum absolute atomic E-state index is 12.8. The van der Waals surface area contributed by atoms with E-state index < -0.39 is 22.7 Å². The van der Waals surface area contributed by atoms with Crippen molar-refractivity contribution in [2.45, 2.75) is 6.10 Å². The molecule has 0 spiro atoms. The molecule has 2 aromatic carbocycles. The Morgan fingerprint density at radius 1 is 1.18 bits per heavy atom. The molecule has 0 fully saturated rings. The summed E-state index contributed by atoms with van der Waals surface area (Å²) in [5.41, 5.74) is 0.949. The van der Waals surface area contributed by atoms with Crippen LogP contribution in [-0.2, 0) is 4.74 Å². The lowest BCUT2D eigenvalue weighted by molar-refractivity contribution is -0.384. The summed E-state index contributed by atoms with van der Waals surface area (Å²) < 4.78 is 14.9. The lowest BCUT2D eigenvalue weighted by Gasteiger charge is -2.16. The van der Waals surface area contributed by atoms with Crippen LogP contribution in [0.25, 0.3) is 11.0 Å².